The van der Waals surface area contributed by atoms with Crippen molar-refractivity contribution in [2.24, 2.45) is 11.8 Å². The Hall–Kier alpha value is -1.50. The summed E-state index contributed by atoms with van der Waals surface area (Å²) in [4.78, 5) is 22.6. The van der Waals surface area contributed by atoms with E-state index in [1.54, 1.807) is 12.1 Å². The summed E-state index contributed by atoms with van der Waals surface area (Å²) in [7, 11) is 0. The maximum Gasteiger partial charge on any atom is 0.223 e. The van der Waals surface area contributed by atoms with Gasteiger partial charge in [0.05, 0.1) is 21.1 Å². The quantitative estimate of drug-likeness (QED) is 0.806. The van der Waals surface area contributed by atoms with Crippen LogP contribution in [-0.4, -0.2) is 48.7 Å². The normalized spacial score (nSPS) is 19.6. The Balaban J connectivity index is 1.31. The van der Waals surface area contributed by atoms with Crippen LogP contribution in [0.4, 0.5) is 5.95 Å². The summed E-state index contributed by atoms with van der Waals surface area (Å²) < 4.78 is 5.37. The molecule has 1 aromatic heterocycles. The predicted molar refractivity (Wildman–Crippen MR) is 108 cm³/mol. The second kappa shape index (κ2) is 8.25. The van der Waals surface area contributed by atoms with Gasteiger partial charge in [-0.25, -0.2) is 4.98 Å². The van der Waals surface area contributed by atoms with Gasteiger partial charge in [0.2, 0.25) is 11.9 Å². The number of nitrogens with zero attached hydrogens (tertiary/aromatic N) is 2. The molecule has 146 valence electrons. The summed E-state index contributed by atoms with van der Waals surface area (Å²) in [5, 5.41) is 4.16. The molecular formula is C19H24Cl2N4O2. The number of anilines is 1. The Kier molecular flexibility index (Phi) is 5.76. The first-order valence-electron chi connectivity index (χ1n) is 9.55. The average Bonchev–Trinajstić information content (AvgIpc) is 3.10. The van der Waals surface area contributed by atoms with E-state index < -0.39 is 0 Å². The molecule has 0 bridgehead atoms. The van der Waals surface area contributed by atoms with Crippen LogP contribution >= 0.6 is 23.2 Å². The van der Waals surface area contributed by atoms with Crippen LogP contribution < -0.4 is 10.2 Å². The molecule has 0 spiro atoms. The zero-order valence-electron chi connectivity index (χ0n) is 15.1. The highest BCUT2D eigenvalue weighted by Crippen LogP contribution is 2.29. The third kappa shape index (κ3) is 4.33. The Bertz CT molecular complexity index is 772. The molecule has 27 heavy (non-hydrogen) atoms. The van der Waals surface area contributed by atoms with E-state index in [0.29, 0.717) is 16.0 Å². The fourth-order valence-corrected chi connectivity index (χ4v) is 4.16. The Morgan fingerprint density at radius 2 is 1.89 bits per heavy atom. The van der Waals surface area contributed by atoms with Crippen molar-refractivity contribution in [2.45, 2.75) is 25.7 Å². The first-order valence-corrected chi connectivity index (χ1v) is 10.3. The first kappa shape index (κ1) is 18.8. The second-order valence-electron chi connectivity index (χ2n) is 7.41. The van der Waals surface area contributed by atoms with Crippen molar-refractivity contribution in [1.82, 2.24) is 15.3 Å². The molecule has 2 N–H and O–H groups in total. The third-order valence-corrected chi connectivity index (χ3v) is 6.30. The smallest absolute Gasteiger partial charge is 0.223 e. The fraction of sp³-hybridized carbons (Fsp3) is 0.579. The number of ether oxygens (including phenoxy) is 1. The van der Waals surface area contributed by atoms with Gasteiger partial charge >= 0.3 is 0 Å². The van der Waals surface area contributed by atoms with Gasteiger partial charge in [-0.15, -0.1) is 0 Å². The van der Waals surface area contributed by atoms with Gasteiger partial charge in [-0.3, -0.25) is 4.79 Å². The minimum absolute atomic E-state index is 0.0781. The molecule has 2 aromatic rings. The van der Waals surface area contributed by atoms with Gasteiger partial charge in [-0.2, -0.15) is 0 Å². The summed E-state index contributed by atoms with van der Waals surface area (Å²) in [5.74, 6) is 1.63. The topological polar surface area (TPSA) is 70.2 Å². The first-order chi connectivity index (χ1) is 13.1. The van der Waals surface area contributed by atoms with Crippen molar-refractivity contribution >= 4 is 46.1 Å². The Morgan fingerprint density at radius 1 is 1.19 bits per heavy atom. The van der Waals surface area contributed by atoms with Crippen LogP contribution in [0, 0.1) is 11.8 Å². The summed E-state index contributed by atoms with van der Waals surface area (Å²) >= 11 is 12.1. The number of hydrogen-bond acceptors (Lipinski definition) is 4. The molecule has 1 amide bonds. The number of imidazole rings is 1. The van der Waals surface area contributed by atoms with E-state index in [2.05, 4.69) is 20.2 Å². The van der Waals surface area contributed by atoms with Crippen LogP contribution in [0.5, 0.6) is 0 Å². The van der Waals surface area contributed by atoms with Crippen LogP contribution in [0.25, 0.3) is 11.0 Å². The summed E-state index contributed by atoms with van der Waals surface area (Å²) in [6.07, 6.45) is 3.74. The number of fused-ring (bicyclic) bond motifs is 1. The number of aromatic nitrogens is 2. The van der Waals surface area contributed by atoms with Crippen LogP contribution in [0.1, 0.15) is 25.7 Å². The molecule has 0 atom stereocenters. The standard InChI is InChI=1S/C19H24Cl2N4O2/c20-14-9-16-17(10-15(14)21)24-19(23-16)25-5-1-13(2-6-25)18(26)22-11-12-3-7-27-8-4-12/h9-10,12-13H,1-8,11H2,(H,22,26)(H,23,24). The highest BCUT2D eigenvalue weighted by atomic mass is 35.5. The molecule has 2 fully saturated rings. The van der Waals surface area contributed by atoms with Crippen LogP contribution in [0.3, 0.4) is 0 Å². The molecule has 1 aromatic carbocycles. The molecule has 0 radical (unpaired) electrons. The van der Waals surface area contributed by atoms with Crippen molar-refractivity contribution < 1.29 is 9.53 Å². The van der Waals surface area contributed by atoms with Gasteiger partial charge in [-0.05, 0) is 43.7 Å². The third-order valence-electron chi connectivity index (χ3n) is 5.58. The lowest BCUT2D eigenvalue weighted by Crippen LogP contribution is -2.42. The molecule has 6 nitrogen and oxygen atoms in total. The number of hydrogen-bond donors (Lipinski definition) is 2. The number of H-pyrrole nitrogens is 1. The van der Waals surface area contributed by atoms with Crippen molar-refractivity contribution in [3.8, 4) is 0 Å². The molecule has 8 heteroatoms. The lowest BCUT2D eigenvalue weighted by Gasteiger charge is -2.31. The molecule has 2 aliphatic rings. The van der Waals surface area contributed by atoms with E-state index in [9.17, 15) is 4.79 Å². The second-order valence-corrected chi connectivity index (χ2v) is 8.22. The molecule has 0 aliphatic carbocycles. The minimum Gasteiger partial charge on any atom is -0.381 e. The summed E-state index contributed by atoms with van der Waals surface area (Å²) in [5.41, 5.74) is 1.67. The number of carbonyl (C=O) groups is 1. The van der Waals surface area contributed by atoms with Gasteiger partial charge in [0.1, 0.15) is 0 Å². The fourth-order valence-electron chi connectivity index (χ4n) is 3.83. The van der Waals surface area contributed by atoms with Crippen molar-refractivity contribution in [1.29, 1.82) is 0 Å². The Labute approximate surface area is 168 Å². The number of aromatic amines is 1. The zero-order valence-corrected chi connectivity index (χ0v) is 16.7. The largest absolute Gasteiger partial charge is 0.381 e. The molecule has 4 rings (SSSR count). The van der Waals surface area contributed by atoms with E-state index >= 15 is 0 Å². The average molecular weight is 411 g/mol. The molecule has 2 saturated heterocycles. The summed E-state index contributed by atoms with van der Waals surface area (Å²) in [6, 6.07) is 3.57. The van der Waals surface area contributed by atoms with Crippen LogP contribution in [0.15, 0.2) is 12.1 Å². The number of amides is 1. The molecule has 2 aliphatic heterocycles. The maximum atomic E-state index is 12.5. The number of halogens is 2. The van der Waals surface area contributed by atoms with E-state index in [1.807, 2.05) is 0 Å². The number of nitrogens with one attached hydrogen (secondary N) is 2. The van der Waals surface area contributed by atoms with Gasteiger partial charge in [0, 0.05) is 38.8 Å². The highest BCUT2D eigenvalue weighted by molar-refractivity contribution is 6.42. The van der Waals surface area contributed by atoms with E-state index in [1.165, 1.54) is 0 Å². The van der Waals surface area contributed by atoms with Crippen molar-refractivity contribution in [3.63, 3.8) is 0 Å². The molecule has 0 saturated carbocycles. The van der Waals surface area contributed by atoms with Gasteiger partial charge in [0.25, 0.3) is 0 Å². The maximum absolute atomic E-state index is 12.5. The Morgan fingerprint density at radius 3 is 2.63 bits per heavy atom. The lowest BCUT2D eigenvalue weighted by atomic mass is 9.95. The van der Waals surface area contributed by atoms with Crippen LogP contribution in [-0.2, 0) is 9.53 Å². The van der Waals surface area contributed by atoms with Crippen molar-refractivity contribution in [3.05, 3.63) is 22.2 Å². The molecule has 3 heterocycles. The van der Waals surface area contributed by atoms with Crippen molar-refractivity contribution in [2.75, 3.05) is 37.7 Å². The van der Waals surface area contributed by atoms with E-state index in [-0.39, 0.29) is 11.8 Å². The molecule has 0 unspecified atom stereocenters. The number of benzene rings is 1. The zero-order chi connectivity index (χ0) is 18.8. The van der Waals surface area contributed by atoms with E-state index in [4.69, 9.17) is 27.9 Å². The SMILES string of the molecule is O=C(NCC1CCOCC1)C1CCN(c2nc3cc(Cl)c(Cl)cc3[nH]2)CC1. The number of rotatable bonds is 4. The van der Waals surface area contributed by atoms with Gasteiger partial charge < -0.3 is 19.9 Å². The van der Waals surface area contributed by atoms with Crippen LogP contribution in [0.2, 0.25) is 10.0 Å². The number of piperidine rings is 1. The van der Waals surface area contributed by atoms with Gasteiger partial charge in [0.15, 0.2) is 0 Å². The minimum atomic E-state index is 0.0781. The van der Waals surface area contributed by atoms with E-state index in [0.717, 1.165) is 75.5 Å². The monoisotopic (exact) mass is 410 g/mol. The lowest BCUT2D eigenvalue weighted by molar-refractivity contribution is -0.125. The molecular weight excluding hydrogens is 387 g/mol. The summed E-state index contributed by atoms with van der Waals surface area (Å²) in [6.45, 7) is 4.00. The highest BCUT2D eigenvalue weighted by Gasteiger charge is 2.27. The number of carbonyl (C=O) groups excluding carboxylic acids is 1. The van der Waals surface area contributed by atoms with Gasteiger partial charge in [-0.1, -0.05) is 23.2 Å². The predicted octanol–water partition coefficient (Wildman–Crippen LogP) is 3.63.